The van der Waals surface area contributed by atoms with Crippen LogP contribution in [0.3, 0.4) is 0 Å². The smallest absolute Gasteiger partial charge is 0.292 e. The number of hydrazine groups is 1. The molecular weight excluding hydrogens is 366 g/mol. The first-order valence-corrected chi connectivity index (χ1v) is 8.91. The van der Waals surface area contributed by atoms with Gasteiger partial charge in [-0.25, -0.2) is 9.52 Å². The maximum absolute atomic E-state index is 13.0. The molecule has 1 aliphatic rings. The van der Waals surface area contributed by atoms with Gasteiger partial charge in [0.1, 0.15) is 0 Å². The number of benzene rings is 1. The minimum absolute atomic E-state index is 0.135. The van der Waals surface area contributed by atoms with Gasteiger partial charge in [-0.2, -0.15) is 5.10 Å². The van der Waals surface area contributed by atoms with Gasteiger partial charge in [-0.05, 0) is 42.3 Å². The van der Waals surface area contributed by atoms with Crippen LogP contribution in [0, 0.1) is 0 Å². The summed E-state index contributed by atoms with van der Waals surface area (Å²) in [4.78, 5) is 24.4. The lowest BCUT2D eigenvalue weighted by Crippen LogP contribution is -2.48. The molecule has 0 bridgehead atoms. The SMILES string of the molecule is CC(=O)Nc1ccc2c(c1)N(C)N(C(=O)c1cc3ccc(Cl)cn3n1)CC2. The van der Waals surface area contributed by atoms with Crippen molar-refractivity contribution in [2.75, 3.05) is 23.9 Å². The van der Waals surface area contributed by atoms with Crippen LogP contribution in [-0.4, -0.2) is 40.0 Å². The molecule has 8 heteroatoms. The van der Waals surface area contributed by atoms with Crippen molar-refractivity contribution in [2.24, 2.45) is 0 Å². The summed E-state index contributed by atoms with van der Waals surface area (Å²) in [5, 5.41) is 11.2. The second kappa shape index (κ2) is 6.59. The number of carbonyl (C=O) groups is 2. The number of rotatable bonds is 2. The minimum Gasteiger partial charge on any atom is -0.326 e. The van der Waals surface area contributed by atoms with Gasteiger partial charge in [-0.1, -0.05) is 17.7 Å². The summed E-state index contributed by atoms with van der Waals surface area (Å²) >= 11 is 5.99. The van der Waals surface area contributed by atoms with E-state index in [4.69, 9.17) is 11.6 Å². The molecule has 0 fully saturated rings. The van der Waals surface area contributed by atoms with Crippen LogP contribution in [0.1, 0.15) is 23.0 Å². The molecule has 0 saturated heterocycles. The van der Waals surface area contributed by atoms with E-state index < -0.39 is 0 Å². The average Bonchev–Trinajstić information content (AvgIpc) is 3.04. The van der Waals surface area contributed by atoms with E-state index in [-0.39, 0.29) is 11.8 Å². The molecule has 138 valence electrons. The molecule has 0 atom stereocenters. The Labute approximate surface area is 161 Å². The third kappa shape index (κ3) is 3.21. The van der Waals surface area contributed by atoms with Crippen LogP contribution in [0.4, 0.5) is 11.4 Å². The molecule has 0 saturated carbocycles. The number of nitrogens with zero attached hydrogens (tertiary/aromatic N) is 4. The maximum Gasteiger partial charge on any atom is 0.292 e. The Morgan fingerprint density at radius 2 is 2.00 bits per heavy atom. The van der Waals surface area contributed by atoms with Crippen LogP contribution in [0.25, 0.3) is 5.52 Å². The normalized spacial score (nSPS) is 13.6. The first-order valence-electron chi connectivity index (χ1n) is 8.53. The molecule has 0 spiro atoms. The summed E-state index contributed by atoms with van der Waals surface area (Å²) in [5.41, 5.74) is 3.86. The molecule has 4 rings (SSSR count). The summed E-state index contributed by atoms with van der Waals surface area (Å²) in [5.74, 6) is -0.322. The number of hydrogen-bond acceptors (Lipinski definition) is 4. The zero-order valence-corrected chi connectivity index (χ0v) is 15.7. The number of halogens is 1. The monoisotopic (exact) mass is 383 g/mol. The van der Waals surface area contributed by atoms with Gasteiger partial charge in [-0.3, -0.25) is 14.6 Å². The molecular formula is C19H18ClN5O2. The Morgan fingerprint density at radius 1 is 1.19 bits per heavy atom. The van der Waals surface area contributed by atoms with Crippen LogP contribution in [-0.2, 0) is 11.2 Å². The molecule has 1 aliphatic heterocycles. The van der Waals surface area contributed by atoms with Gasteiger partial charge in [-0.15, -0.1) is 0 Å². The summed E-state index contributed by atoms with van der Waals surface area (Å²) in [6, 6.07) is 11.1. The van der Waals surface area contributed by atoms with Crippen molar-refractivity contribution in [3.8, 4) is 0 Å². The summed E-state index contributed by atoms with van der Waals surface area (Å²) < 4.78 is 1.60. The third-order valence-corrected chi connectivity index (χ3v) is 4.81. The van der Waals surface area contributed by atoms with Crippen molar-refractivity contribution in [1.82, 2.24) is 14.6 Å². The number of amides is 2. The number of fused-ring (bicyclic) bond motifs is 2. The highest BCUT2D eigenvalue weighted by Crippen LogP contribution is 2.30. The van der Waals surface area contributed by atoms with Crippen molar-refractivity contribution in [1.29, 1.82) is 0 Å². The van der Waals surface area contributed by atoms with Gasteiger partial charge >= 0.3 is 0 Å². The van der Waals surface area contributed by atoms with Gasteiger partial charge < -0.3 is 5.32 Å². The number of aromatic nitrogens is 2. The number of anilines is 2. The fraction of sp³-hybridized carbons (Fsp3) is 0.211. The van der Waals surface area contributed by atoms with Crippen molar-refractivity contribution in [3.63, 3.8) is 0 Å². The van der Waals surface area contributed by atoms with Crippen LogP contribution in [0.2, 0.25) is 5.02 Å². The Bertz CT molecular complexity index is 1060. The zero-order valence-electron chi connectivity index (χ0n) is 14.9. The molecule has 3 heterocycles. The average molecular weight is 384 g/mol. The lowest BCUT2D eigenvalue weighted by Gasteiger charge is -2.38. The molecule has 7 nitrogen and oxygen atoms in total. The quantitative estimate of drug-likeness (QED) is 0.738. The number of hydrogen-bond donors (Lipinski definition) is 1. The molecule has 1 aromatic carbocycles. The summed E-state index contributed by atoms with van der Waals surface area (Å²) in [6.07, 6.45) is 2.40. The van der Waals surface area contributed by atoms with Crippen LogP contribution in [0.5, 0.6) is 0 Å². The minimum atomic E-state index is -0.187. The number of pyridine rings is 1. The predicted octanol–water partition coefficient (Wildman–Crippen LogP) is 3.00. The predicted molar refractivity (Wildman–Crippen MR) is 104 cm³/mol. The Hall–Kier alpha value is -3.06. The van der Waals surface area contributed by atoms with Crippen molar-refractivity contribution in [3.05, 3.63) is 58.9 Å². The largest absolute Gasteiger partial charge is 0.326 e. The zero-order chi connectivity index (χ0) is 19.1. The fourth-order valence-corrected chi connectivity index (χ4v) is 3.46. The standard InChI is InChI=1S/C19H18ClN5O2/c1-12(26)21-15-5-3-13-7-8-25(23(2)18(13)9-15)19(27)17-10-16-6-4-14(20)11-24(16)22-17/h3-6,9-11H,7-8H2,1-2H3,(H,21,26). The third-order valence-electron chi connectivity index (χ3n) is 4.59. The summed E-state index contributed by atoms with van der Waals surface area (Å²) in [6.45, 7) is 2.02. The molecule has 3 aromatic rings. The first-order chi connectivity index (χ1) is 12.9. The van der Waals surface area contributed by atoms with E-state index in [2.05, 4.69) is 10.4 Å². The van der Waals surface area contributed by atoms with E-state index >= 15 is 0 Å². The highest BCUT2D eigenvalue weighted by molar-refractivity contribution is 6.30. The molecule has 2 amide bonds. The lowest BCUT2D eigenvalue weighted by molar-refractivity contribution is -0.114. The Balaban J connectivity index is 1.64. The van der Waals surface area contributed by atoms with Gasteiger partial charge in [0, 0.05) is 32.4 Å². The van der Waals surface area contributed by atoms with Crippen molar-refractivity contribution >= 4 is 40.3 Å². The van der Waals surface area contributed by atoms with E-state index in [1.807, 2.05) is 36.3 Å². The van der Waals surface area contributed by atoms with E-state index in [0.717, 1.165) is 23.2 Å². The lowest BCUT2D eigenvalue weighted by atomic mass is 10.1. The summed E-state index contributed by atoms with van der Waals surface area (Å²) in [7, 11) is 1.83. The van der Waals surface area contributed by atoms with Gasteiger partial charge in [0.25, 0.3) is 5.91 Å². The van der Waals surface area contributed by atoms with Crippen molar-refractivity contribution < 1.29 is 9.59 Å². The molecule has 0 radical (unpaired) electrons. The number of carbonyl (C=O) groups excluding carboxylic acids is 2. The van der Waals surface area contributed by atoms with E-state index in [9.17, 15) is 9.59 Å². The molecule has 1 N–H and O–H groups in total. The molecule has 0 aliphatic carbocycles. The van der Waals surface area contributed by atoms with Gasteiger partial charge in [0.15, 0.2) is 5.69 Å². The maximum atomic E-state index is 13.0. The van der Waals surface area contributed by atoms with E-state index in [1.165, 1.54) is 6.92 Å². The topological polar surface area (TPSA) is 70.0 Å². The molecule has 27 heavy (non-hydrogen) atoms. The second-order valence-electron chi connectivity index (χ2n) is 6.47. The van der Waals surface area contributed by atoms with Crippen molar-refractivity contribution in [2.45, 2.75) is 13.3 Å². The van der Waals surface area contributed by atoms with E-state index in [1.54, 1.807) is 27.9 Å². The fourth-order valence-electron chi connectivity index (χ4n) is 3.30. The highest BCUT2D eigenvalue weighted by atomic mass is 35.5. The Morgan fingerprint density at radius 3 is 2.78 bits per heavy atom. The van der Waals surface area contributed by atoms with Gasteiger partial charge in [0.05, 0.1) is 16.2 Å². The molecule has 2 aromatic heterocycles. The van der Waals surface area contributed by atoms with Crippen LogP contribution >= 0.6 is 11.6 Å². The van der Waals surface area contributed by atoms with Gasteiger partial charge in [0.2, 0.25) is 5.91 Å². The first kappa shape index (κ1) is 17.4. The number of nitrogens with one attached hydrogen (secondary N) is 1. The molecule has 0 unspecified atom stereocenters. The second-order valence-corrected chi connectivity index (χ2v) is 6.91. The van der Waals surface area contributed by atoms with E-state index in [0.29, 0.717) is 22.9 Å². The van der Waals surface area contributed by atoms with Crippen LogP contribution in [0.15, 0.2) is 42.6 Å². The van der Waals surface area contributed by atoms with Crippen LogP contribution < -0.4 is 10.3 Å². The highest BCUT2D eigenvalue weighted by Gasteiger charge is 2.28. The Kier molecular flexibility index (Phi) is 4.24.